The Hall–Kier alpha value is -0.160. The van der Waals surface area contributed by atoms with Crippen LogP contribution in [0.4, 0.5) is 0 Å². The normalized spacial score (nSPS) is 36.2. The lowest BCUT2D eigenvalue weighted by molar-refractivity contribution is -0.0353. The van der Waals surface area contributed by atoms with Crippen molar-refractivity contribution in [2.75, 3.05) is 26.8 Å². The molecule has 2 rings (SSSR count). The second-order valence-corrected chi connectivity index (χ2v) is 4.78. The van der Waals surface area contributed by atoms with Crippen molar-refractivity contribution in [2.45, 2.75) is 50.5 Å². The Bertz CT molecular complexity index is 187. The molecule has 2 saturated heterocycles. The van der Waals surface area contributed by atoms with Crippen LogP contribution >= 0.6 is 0 Å². The van der Waals surface area contributed by atoms with Gasteiger partial charge in [-0.15, -0.1) is 0 Å². The van der Waals surface area contributed by atoms with Gasteiger partial charge in [-0.3, -0.25) is 5.32 Å². The van der Waals surface area contributed by atoms with Crippen molar-refractivity contribution in [3.63, 3.8) is 0 Å². The minimum absolute atomic E-state index is 0.263. The van der Waals surface area contributed by atoms with E-state index in [0.717, 1.165) is 32.6 Å². The lowest BCUT2D eigenvalue weighted by atomic mass is 10.0. The summed E-state index contributed by atoms with van der Waals surface area (Å²) in [5, 5.41) is 6.72. The van der Waals surface area contributed by atoms with Crippen LogP contribution in [0.3, 0.4) is 0 Å². The molecule has 3 atom stereocenters. The monoisotopic (exact) mass is 228 g/mol. The first-order valence-electron chi connectivity index (χ1n) is 6.52. The van der Waals surface area contributed by atoms with E-state index in [2.05, 4.69) is 10.6 Å². The van der Waals surface area contributed by atoms with Crippen molar-refractivity contribution in [1.82, 2.24) is 10.6 Å². The summed E-state index contributed by atoms with van der Waals surface area (Å²) in [6.07, 6.45) is 6.63. The Morgan fingerprint density at radius 3 is 2.69 bits per heavy atom. The summed E-state index contributed by atoms with van der Waals surface area (Å²) in [5.74, 6) is 0. The number of nitrogens with one attached hydrogen (secondary N) is 2. The highest BCUT2D eigenvalue weighted by atomic mass is 16.5. The Balaban J connectivity index is 1.59. The van der Waals surface area contributed by atoms with Crippen LogP contribution in [0.2, 0.25) is 0 Å². The highest BCUT2D eigenvalue weighted by Gasteiger charge is 2.21. The second kappa shape index (κ2) is 6.55. The van der Waals surface area contributed by atoms with Crippen molar-refractivity contribution >= 4 is 0 Å². The summed E-state index contributed by atoms with van der Waals surface area (Å²) >= 11 is 0. The zero-order valence-corrected chi connectivity index (χ0v) is 10.2. The maximum atomic E-state index is 5.79. The van der Waals surface area contributed by atoms with Crippen LogP contribution in [0.1, 0.15) is 32.1 Å². The maximum absolute atomic E-state index is 5.79. The molecule has 2 aliphatic rings. The highest BCUT2D eigenvalue weighted by Crippen LogP contribution is 2.14. The summed E-state index contributed by atoms with van der Waals surface area (Å²) in [6.45, 7) is 2.68. The van der Waals surface area contributed by atoms with E-state index in [4.69, 9.17) is 9.47 Å². The zero-order valence-electron chi connectivity index (χ0n) is 10.2. The Kier molecular flexibility index (Phi) is 5.03. The number of likely N-dealkylation sites (N-methyl/N-ethyl adjacent to an activating group) is 1. The van der Waals surface area contributed by atoms with E-state index >= 15 is 0 Å². The molecule has 0 aromatic rings. The van der Waals surface area contributed by atoms with Crippen LogP contribution < -0.4 is 10.6 Å². The molecule has 2 heterocycles. The van der Waals surface area contributed by atoms with Gasteiger partial charge < -0.3 is 14.8 Å². The largest absolute Gasteiger partial charge is 0.375 e. The van der Waals surface area contributed by atoms with Crippen molar-refractivity contribution in [1.29, 1.82) is 0 Å². The fourth-order valence-electron chi connectivity index (χ4n) is 2.36. The van der Waals surface area contributed by atoms with Crippen molar-refractivity contribution in [3.8, 4) is 0 Å². The smallest absolute Gasteiger partial charge is 0.108 e. The molecule has 94 valence electrons. The molecule has 0 aromatic heterocycles. The topological polar surface area (TPSA) is 42.5 Å². The summed E-state index contributed by atoms with van der Waals surface area (Å²) in [5.41, 5.74) is 0. The highest BCUT2D eigenvalue weighted by molar-refractivity contribution is 4.76. The van der Waals surface area contributed by atoms with Gasteiger partial charge in [0, 0.05) is 19.2 Å². The third kappa shape index (κ3) is 3.70. The SMILES string of the molecule is CNC1CCC(CNC2CCCCO2)OC1. The molecule has 4 heteroatoms. The van der Waals surface area contributed by atoms with Gasteiger partial charge in [-0.25, -0.2) is 0 Å². The van der Waals surface area contributed by atoms with Gasteiger partial charge in [-0.2, -0.15) is 0 Å². The van der Waals surface area contributed by atoms with Crippen LogP contribution in [0, 0.1) is 0 Å². The van der Waals surface area contributed by atoms with Gasteiger partial charge in [0.25, 0.3) is 0 Å². The van der Waals surface area contributed by atoms with Crippen LogP contribution in [0.25, 0.3) is 0 Å². The molecule has 0 bridgehead atoms. The predicted octanol–water partition coefficient (Wildman–Crippen LogP) is 0.870. The molecule has 3 unspecified atom stereocenters. The van der Waals surface area contributed by atoms with Crippen molar-refractivity contribution in [2.24, 2.45) is 0 Å². The summed E-state index contributed by atoms with van der Waals surface area (Å²) < 4.78 is 11.4. The minimum Gasteiger partial charge on any atom is -0.375 e. The molecule has 0 spiro atoms. The molecule has 0 radical (unpaired) electrons. The van der Waals surface area contributed by atoms with Gasteiger partial charge in [0.1, 0.15) is 6.23 Å². The van der Waals surface area contributed by atoms with Gasteiger partial charge in [-0.05, 0) is 39.2 Å². The number of hydrogen-bond acceptors (Lipinski definition) is 4. The van der Waals surface area contributed by atoms with Crippen LogP contribution in [-0.4, -0.2) is 45.2 Å². The molecule has 16 heavy (non-hydrogen) atoms. The van der Waals surface area contributed by atoms with Gasteiger partial charge >= 0.3 is 0 Å². The number of rotatable bonds is 4. The zero-order chi connectivity index (χ0) is 11.2. The molecule has 0 aliphatic carbocycles. The lowest BCUT2D eigenvalue weighted by Crippen LogP contribution is -2.44. The summed E-state index contributed by atoms with van der Waals surface area (Å²) in [4.78, 5) is 0. The van der Waals surface area contributed by atoms with Gasteiger partial charge in [0.2, 0.25) is 0 Å². The Morgan fingerprint density at radius 1 is 1.12 bits per heavy atom. The number of ether oxygens (including phenoxy) is 2. The fourth-order valence-corrected chi connectivity index (χ4v) is 2.36. The molecular weight excluding hydrogens is 204 g/mol. The lowest BCUT2D eigenvalue weighted by Gasteiger charge is -2.31. The molecule has 2 N–H and O–H groups in total. The van der Waals surface area contributed by atoms with Crippen LogP contribution in [-0.2, 0) is 9.47 Å². The van der Waals surface area contributed by atoms with E-state index in [1.807, 2.05) is 7.05 Å². The summed E-state index contributed by atoms with van der Waals surface area (Å²) in [7, 11) is 2.00. The third-order valence-electron chi connectivity index (χ3n) is 3.53. The second-order valence-electron chi connectivity index (χ2n) is 4.78. The number of hydrogen-bond donors (Lipinski definition) is 2. The van der Waals surface area contributed by atoms with E-state index in [1.165, 1.54) is 19.3 Å². The van der Waals surface area contributed by atoms with Crippen molar-refractivity contribution < 1.29 is 9.47 Å². The fraction of sp³-hybridized carbons (Fsp3) is 1.00. The molecule has 2 fully saturated rings. The predicted molar refractivity (Wildman–Crippen MR) is 63.4 cm³/mol. The van der Waals surface area contributed by atoms with Gasteiger partial charge in [0.15, 0.2) is 0 Å². The average Bonchev–Trinajstić information content (AvgIpc) is 2.38. The molecule has 0 amide bonds. The van der Waals surface area contributed by atoms with E-state index in [9.17, 15) is 0 Å². The van der Waals surface area contributed by atoms with Gasteiger partial charge in [0.05, 0.1) is 12.7 Å². The van der Waals surface area contributed by atoms with E-state index in [1.54, 1.807) is 0 Å². The van der Waals surface area contributed by atoms with E-state index in [-0.39, 0.29) is 6.23 Å². The van der Waals surface area contributed by atoms with Crippen LogP contribution in [0.5, 0.6) is 0 Å². The van der Waals surface area contributed by atoms with E-state index < -0.39 is 0 Å². The van der Waals surface area contributed by atoms with Crippen LogP contribution in [0.15, 0.2) is 0 Å². The molecule has 0 aromatic carbocycles. The molecule has 2 aliphatic heterocycles. The molecule has 0 saturated carbocycles. The first-order valence-corrected chi connectivity index (χ1v) is 6.52. The quantitative estimate of drug-likeness (QED) is 0.749. The first kappa shape index (κ1) is 12.3. The average molecular weight is 228 g/mol. The van der Waals surface area contributed by atoms with Gasteiger partial charge in [-0.1, -0.05) is 0 Å². The Labute approximate surface area is 98.1 Å². The standard InChI is InChI=1S/C12H24N2O2/c1-13-10-5-6-11(16-9-10)8-14-12-4-2-3-7-15-12/h10-14H,2-9H2,1H3. The molecule has 4 nitrogen and oxygen atoms in total. The first-order chi connectivity index (χ1) is 7.88. The summed E-state index contributed by atoms with van der Waals surface area (Å²) in [6, 6.07) is 0.544. The molecular formula is C12H24N2O2. The third-order valence-corrected chi connectivity index (χ3v) is 3.53. The maximum Gasteiger partial charge on any atom is 0.108 e. The Morgan fingerprint density at radius 2 is 2.06 bits per heavy atom. The van der Waals surface area contributed by atoms with E-state index in [0.29, 0.717) is 12.1 Å². The minimum atomic E-state index is 0.263. The van der Waals surface area contributed by atoms with Crippen molar-refractivity contribution in [3.05, 3.63) is 0 Å².